The Labute approximate surface area is 105 Å². The van der Waals surface area contributed by atoms with Gasteiger partial charge in [0.05, 0.1) is 6.07 Å². The van der Waals surface area contributed by atoms with Gasteiger partial charge in [-0.25, -0.2) is 0 Å². The zero-order chi connectivity index (χ0) is 12.0. The first-order valence-electron chi connectivity index (χ1n) is 7.11. The van der Waals surface area contributed by atoms with E-state index < -0.39 is 0 Å². The van der Waals surface area contributed by atoms with Crippen molar-refractivity contribution in [2.24, 2.45) is 0 Å². The molecule has 0 spiro atoms. The first kappa shape index (κ1) is 12.9. The van der Waals surface area contributed by atoms with Gasteiger partial charge in [-0.1, -0.05) is 25.7 Å². The average molecular weight is 236 g/mol. The molecule has 1 atom stereocenters. The van der Waals surface area contributed by atoms with Crippen molar-refractivity contribution in [3.8, 4) is 6.07 Å². The van der Waals surface area contributed by atoms with Crippen LogP contribution in [0, 0.1) is 11.3 Å². The Kier molecular flexibility index (Phi) is 4.82. The van der Waals surface area contributed by atoms with Gasteiger partial charge < -0.3 is 4.74 Å². The van der Waals surface area contributed by atoms with Crippen LogP contribution in [-0.4, -0.2) is 24.8 Å². The molecule has 0 aromatic heterocycles. The number of nitrogens with one attached hydrogen (secondary N) is 1. The number of nitriles is 1. The number of nitrogens with zero attached hydrogens (tertiary/aromatic N) is 1. The molecule has 1 aliphatic heterocycles. The lowest BCUT2D eigenvalue weighted by Crippen LogP contribution is -2.49. The molecule has 0 aromatic carbocycles. The van der Waals surface area contributed by atoms with E-state index >= 15 is 0 Å². The molecule has 0 bridgehead atoms. The van der Waals surface area contributed by atoms with E-state index in [0.29, 0.717) is 6.04 Å². The fraction of sp³-hybridized carbons (Fsp3) is 0.929. The Morgan fingerprint density at radius 3 is 2.47 bits per heavy atom. The van der Waals surface area contributed by atoms with E-state index in [0.717, 1.165) is 32.5 Å². The first-order valence-corrected chi connectivity index (χ1v) is 7.11. The maximum absolute atomic E-state index is 9.50. The van der Waals surface area contributed by atoms with Gasteiger partial charge in [-0.2, -0.15) is 5.26 Å². The highest BCUT2D eigenvalue weighted by Gasteiger charge is 2.33. The van der Waals surface area contributed by atoms with Crippen LogP contribution < -0.4 is 5.32 Å². The fourth-order valence-corrected chi connectivity index (χ4v) is 3.05. The predicted octanol–water partition coefficient (Wildman–Crippen LogP) is 2.76. The van der Waals surface area contributed by atoms with E-state index in [-0.39, 0.29) is 5.54 Å². The lowest BCUT2D eigenvalue weighted by Gasteiger charge is -2.31. The molecule has 1 unspecified atom stereocenters. The van der Waals surface area contributed by atoms with E-state index in [1.54, 1.807) is 0 Å². The largest absolute Gasteiger partial charge is 0.381 e. The quantitative estimate of drug-likeness (QED) is 0.750. The van der Waals surface area contributed by atoms with Crippen LogP contribution in [0.1, 0.15) is 57.8 Å². The second kappa shape index (κ2) is 6.37. The lowest BCUT2D eigenvalue weighted by molar-refractivity contribution is 0.139. The third-order valence-corrected chi connectivity index (χ3v) is 4.12. The molecule has 3 nitrogen and oxygen atoms in total. The Morgan fingerprint density at radius 1 is 1.00 bits per heavy atom. The van der Waals surface area contributed by atoms with E-state index in [1.807, 2.05) is 0 Å². The Bertz CT molecular complexity index is 256. The maximum Gasteiger partial charge on any atom is 0.109 e. The van der Waals surface area contributed by atoms with Gasteiger partial charge in [-0.3, -0.25) is 5.32 Å². The van der Waals surface area contributed by atoms with Gasteiger partial charge in [0.25, 0.3) is 0 Å². The van der Waals surface area contributed by atoms with Crippen LogP contribution in [-0.2, 0) is 4.74 Å². The second-order valence-electron chi connectivity index (χ2n) is 5.49. The third kappa shape index (κ3) is 3.69. The normalized spacial score (nSPS) is 32.4. The van der Waals surface area contributed by atoms with Gasteiger partial charge in [0.2, 0.25) is 0 Å². The molecule has 2 fully saturated rings. The Morgan fingerprint density at radius 2 is 1.76 bits per heavy atom. The maximum atomic E-state index is 9.50. The minimum atomic E-state index is -0.314. The second-order valence-corrected chi connectivity index (χ2v) is 5.49. The van der Waals surface area contributed by atoms with Crippen molar-refractivity contribution in [1.29, 1.82) is 5.26 Å². The Balaban J connectivity index is 1.94. The smallest absolute Gasteiger partial charge is 0.109 e. The summed E-state index contributed by atoms with van der Waals surface area (Å²) in [7, 11) is 0. The molecular weight excluding hydrogens is 212 g/mol. The number of ether oxygens (including phenoxy) is 1. The molecular formula is C14H24N2O. The van der Waals surface area contributed by atoms with E-state index in [4.69, 9.17) is 4.74 Å². The third-order valence-electron chi connectivity index (χ3n) is 4.12. The minimum Gasteiger partial charge on any atom is -0.381 e. The monoisotopic (exact) mass is 236 g/mol. The standard InChI is InChI=1S/C14H24N2O/c15-12-14(8-5-10-17-11-9-14)16-13-6-3-1-2-4-7-13/h13,16H,1-11H2. The molecule has 17 heavy (non-hydrogen) atoms. The van der Waals surface area contributed by atoms with Crippen molar-refractivity contribution in [2.75, 3.05) is 13.2 Å². The van der Waals surface area contributed by atoms with Crippen LogP contribution in [0.15, 0.2) is 0 Å². The summed E-state index contributed by atoms with van der Waals surface area (Å²) in [4.78, 5) is 0. The summed E-state index contributed by atoms with van der Waals surface area (Å²) in [5, 5.41) is 13.2. The lowest BCUT2D eigenvalue weighted by atomic mass is 9.90. The molecule has 2 aliphatic rings. The van der Waals surface area contributed by atoms with E-state index in [1.165, 1.54) is 38.5 Å². The van der Waals surface area contributed by atoms with Gasteiger partial charge in [0, 0.05) is 25.7 Å². The van der Waals surface area contributed by atoms with Crippen LogP contribution >= 0.6 is 0 Å². The summed E-state index contributed by atoms with van der Waals surface area (Å²) in [6.07, 6.45) is 10.6. The van der Waals surface area contributed by atoms with Gasteiger partial charge in [-0.15, -0.1) is 0 Å². The van der Waals surface area contributed by atoms with Crippen LogP contribution in [0.5, 0.6) is 0 Å². The van der Waals surface area contributed by atoms with Crippen molar-refractivity contribution < 1.29 is 4.74 Å². The molecule has 0 radical (unpaired) electrons. The summed E-state index contributed by atoms with van der Waals surface area (Å²) in [5.74, 6) is 0. The highest BCUT2D eigenvalue weighted by atomic mass is 16.5. The molecule has 96 valence electrons. The van der Waals surface area contributed by atoms with Gasteiger partial charge in [0.1, 0.15) is 5.54 Å². The van der Waals surface area contributed by atoms with E-state index in [9.17, 15) is 5.26 Å². The molecule has 1 heterocycles. The number of rotatable bonds is 2. The molecule has 0 amide bonds. The summed E-state index contributed by atoms with van der Waals surface area (Å²) in [6, 6.07) is 3.09. The van der Waals surface area contributed by atoms with Crippen LogP contribution in [0.3, 0.4) is 0 Å². The molecule has 2 rings (SSSR count). The van der Waals surface area contributed by atoms with Gasteiger partial charge in [-0.05, 0) is 25.7 Å². The van der Waals surface area contributed by atoms with Crippen molar-refractivity contribution in [1.82, 2.24) is 5.32 Å². The molecule has 1 saturated carbocycles. The zero-order valence-corrected chi connectivity index (χ0v) is 10.7. The van der Waals surface area contributed by atoms with Gasteiger partial charge >= 0.3 is 0 Å². The van der Waals surface area contributed by atoms with Crippen LogP contribution in [0.4, 0.5) is 0 Å². The van der Waals surface area contributed by atoms with E-state index in [2.05, 4.69) is 11.4 Å². The highest BCUT2D eigenvalue weighted by molar-refractivity contribution is 5.08. The molecule has 1 N–H and O–H groups in total. The highest BCUT2D eigenvalue weighted by Crippen LogP contribution is 2.25. The fourth-order valence-electron chi connectivity index (χ4n) is 3.05. The van der Waals surface area contributed by atoms with Gasteiger partial charge in [0.15, 0.2) is 0 Å². The molecule has 1 aliphatic carbocycles. The van der Waals surface area contributed by atoms with Crippen molar-refractivity contribution in [3.63, 3.8) is 0 Å². The van der Waals surface area contributed by atoms with Crippen molar-refractivity contribution in [3.05, 3.63) is 0 Å². The topological polar surface area (TPSA) is 45.0 Å². The zero-order valence-electron chi connectivity index (χ0n) is 10.7. The molecule has 0 aromatic rings. The summed E-state index contributed by atoms with van der Waals surface area (Å²) >= 11 is 0. The minimum absolute atomic E-state index is 0.314. The summed E-state index contributed by atoms with van der Waals surface area (Å²) in [5.41, 5.74) is -0.314. The van der Waals surface area contributed by atoms with Crippen LogP contribution in [0.2, 0.25) is 0 Å². The first-order chi connectivity index (χ1) is 8.35. The summed E-state index contributed by atoms with van der Waals surface area (Å²) < 4.78 is 5.47. The Hall–Kier alpha value is -0.590. The summed E-state index contributed by atoms with van der Waals surface area (Å²) in [6.45, 7) is 1.54. The number of hydrogen-bond donors (Lipinski definition) is 1. The van der Waals surface area contributed by atoms with Crippen molar-refractivity contribution >= 4 is 0 Å². The average Bonchev–Trinajstić information content (AvgIpc) is 2.73. The van der Waals surface area contributed by atoms with Crippen molar-refractivity contribution in [2.45, 2.75) is 69.4 Å². The predicted molar refractivity (Wildman–Crippen MR) is 67.6 cm³/mol. The molecule has 3 heteroatoms. The van der Waals surface area contributed by atoms with Crippen LogP contribution in [0.25, 0.3) is 0 Å². The number of hydrogen-bond acceptors (Lipinski definition) is 3. The molecule has 1 saturated heterocycles. The SMILES string of the molecule is N#CC1(NC2CCCCCC2)CCCOCC1.